The smallest absolute Gasteiger partial charge is 0.248 e. The first kappa shape index (κ1) is 24.3. The monoisotopic (exact) mass is 537 g/mol. The zero-order valence-electron chi connectivity index (χ0n) is 16.7. The van der Waals surface area contributed by atoms with Crippen LogP contribution in [-0.2, 0) is 16.6 Å². The van der Waals surface area contributed by atoms with Crippen molar-refractivity contribution in [1.82, 2.24) is 9.29 Å². The number of benzene rings is 1. The highest BCUT2D eigenvalue weighted by Gasteiger charge is 2.47. The number of aliphatic hydroxyl groups is 1. The first-order valence-corrected chi connectivity index (χ1v) is 12.3. The van der Waals surface area contributed by atoms with Crippen molar-refractivity contribution in [2.45, 2.75) is 43.2 Å². The van der Waals surface area contributed by atoms with Crippen molar-refractivity contribution in [3.05, 3.63) is 51.6 Å². The van der Waals surface area contributed by atoms with Crippen LogP contribution in [0.25, 0.3) is 0 Å². The molecular weight excluding hydrogens is 516 g/mol. The van der Waals surface area contributed by atoms with E-state index in [1.807, 2.05) is 0 Å². The van der Waals surface area contributed by atoms with E-state index in [0.29, 0.717) is 15.1 Å². The molecule has 31 heavy (non-hydrogen) atoms. The van der Waals surface area contributed by atoms with Gasteiger partial charge < -0.3 is 10.4 Å². The van der Waals surface area contributed by atoms with E-state index in [1.165, 1.54) is 12.3 Å². The van der Waals surface area contributed by atoms with Gasteiger partial charge in [0.05, 0.1) is 6.61 Å². The summed E-state index contributed by atoms with van der Waals surface area (Å²) in [7, 11) is -4.07. The van der Waals surface area contributed by atoms with E-state index in [9.17, 15) is 22.3 Å². The van der Waals surface area contributed by atoms with Gasteiger partial charge >= 0.3 is 0 Å². The van der Waals surface area contributed by atoms with Gasteiger partial charge in [0.15, 0.2) is 0 Å². The highest BCUT2D eigenvalue weighted by molar-refractivity contribution is 9.10. The largest absolute Gasteiger partial charge is 0.395 e. The summed E-state index contributed by atoms with van der Waals surface area (Å²) >= 11 is 9.15. The van der Waals surface area contributed by atoms with E-state index in [-0.39, 0.29) is 55.2 Å². The Hall–Kier alpha value is -1.33. The number of alkyl halides is 2. The van der Waals surface area contributed by atoms with Crippen LogP contribution in [0.1, 0.15) is 25.3 Å². The minimum Gasteiger partial charge on any atom is -0.395 e. The summed E-state index contributed by atoms with van der Waals surface area (Å²) in [6, 6.07) is 7.76. The second kappa shape index (κ2) is 9.66. The lowest BCUT2D eigenvalue weighted by Gasteiger charge is -2.39. The predicted molar refractivity (Wildman–Crippen MR) is 119 cm³/mol. The molecule has 1 fully saturated rings. The SMILES string of the molecule is C[C@@H](Nc1ncc(Br)cc1S(=O)(=O)N(CCO)Cc1ccc(Cl)cc1)C1CC(F)(F)C1. The zero-order chi connectivity index (χ0) is 22.8. The fourth-order valence-corrected chi connectivity index (χ4v) is 5.61. The Morgan fingerprint density at radius 3 is 2.58 bits per heavy atom. The Morgan fingerprint density at radius 2 is 2.00 bits per heavy atom. The number of sulfonamides is 1. The van der Waals surface area contributed by atoms with Crippen LogP contribution in [0.2, 0.25) is 5.02 Å². The van der Waals surface area contributed by atoms with Crippen molar-refractivity contribution < 1.29 is 22.3 Å². The first-order chi connectivity index (χ1) is 14.5. The molecule has 170 valence electrons. The number of hydrogen-bond donors (Lipinski definition) is 2. The van der Waals surface area contributed by atoms with E-state index < -0.39 is 15.9 Å². The van der Waals surface area contributed by atoms with Gasteiger partial charge in [0.1, 0.15) is 10.7 Å². The lowest BCUT2D eigenvalue weighted by Crippen LogP contribution is -2.44. The van der Waals surface area contributed by atoms with Crippen molar-refractivity contribution in [3.63, 3.8) is 0 Å². The normalized spacial score (nSPS) is 17.4. The Balaban J connectivity index is 1.88. The maximum Gasteiger partial charge on any atom is 0.248 e. The Morgan fingerprint density at radius 1 is 1.35 bits per heavy atom. The fourth-order valence-electron chi connectivity index (χ4n) is 3.45. The molecule has 1 aromatic heterocycles. The van der Waals surface area contributed by atoms with Gasteiger partial charge in [-0.2, -0.15) is 4.31 Å². The average molecular weight is 539 g/mol. The minimum atomic E-state index is -4.07. The average Bonchev–Trinajstić information content (AvgIpc) is 2.68. The summed E-state index contributed by atoms with van der Waals surface area (Å²) < 4.78 is 55.0. The maximum atomic E-state index is 13.5. The summed E-state index contributed by atoms with van der Waals surface area (Å²) in [5.74, 6) is -2.86. The van der Waals surface area contributed by atoms with E-state index in [0.717, 1.165) is 4.31 Å². The molecule has 1 heterocycles. The second-order valence-corrected chi connectivity index (χ2v) is 10.9. The van der Waals surface area contributed by atoms with Crippen LogP contribution in [0, 0.1) is 5.92 Å². The van der Waals surface area contributed by atoms with Crippen molar-refractivity contribution in [2.75, 3.05) is 18.5 Å². The summed E-state index contributed by atoms with van der Waals surface area (Å²) in [6.45, 7) is 1.27. The topological polar surface area (TPSA) is 82.5 Å². The summed E-state index contributed by atoms with van der Waals surface area (Å²) in [4.78, 5) is 4.10. The molecule has 0 amide bonds. The number of halogens is 4. The van der Waals surface area contributed by atoms with E-state index >= 15 is 0 Å². The molecular formula is C20H23BrClF2N3O3S. The van der Waals surface area contributed by atoms with Crippen LogP contribution >= 0.6 is 27.5 Å². The van der Waals surface area contributed by atoms with Gasteiger partial charge in [-0.15, -0.1) is 0 Å². The molecule has 0 unspecified atom stereocenters. The highest BCUT2D eigenvalue weighted by atomic mass is 79.9. The third kappa shape index (κ3) is 5.92. The molecule has 11 heteroatoms. The molecule has 1 aliphatic carbocycles. The van der Waals surface area contributed by atoms with E-state index in [4.69, 9.17) is 11.6 Å². The van der Waals surface area contributed by atoms with Gasteiger partial charge in [-0.1, -0.05) is 23.7 Å². The number of nitrogens with one attached hydrogen (secondary N) is 1. The molecule has 6 nitrogen and oxygen atoms in total. The third-order valence-corrected chi connectivity index (χ3v) is 7.80. The zero-order valence-corrected chi connectivity index (χ0v) is 19.9. The molecule has 2 aromatic rings. The summed E-state index contributed by atoms with van der Waals surface area (Å²) in [5.41, 5.74) is 0.698. The number of rotatable bonds is 9. The molecule has 1 aliphatic rings. The highest BCUT2D eigenvalue weighted by Crippen LogP contribution is 2.44. The van der Waals surface area contributed by atoms with Crippen molar-refractivity contribution in [2.24, 2.45) is 5.92 Å². The number of hydrogen-bond acceptors (Lipinski definition) is 5. The Labute approximate surface area is 193 Å². The van der Waals surface area contributed by atoms with Gasteiger partial charge in [0.25, 0.3) is 0 Å². The third-order valence-electron chi connectivity index (χ3n) is 5.25. The van der Waals surface area contributed by atoms with Crippen LogP contribution in [-0.4, -0.2) is 47.9 Å². The van der Waals surface area contributed by atoms with Crippen molar-refractivity contribution in [1.29, 1.82) is 0 Å². The molecule has 1 aromatic carbocycles. The Kier molecular flexibility index (Phi) is 7.58. The van der Waals surface area contributed by atoms with Gasteiger partial charge in [0, 0.05) is 47.7 Å². The lowest BCUT2D eigenvalue weighted by atomic mass is 9.77. The molecule has 1 atom stereocenters. The molecule has 0 bridgehead atoms. The van der Waals surface area contributed by atoms with Crippen LogP contribution in [0.4, 0.5) is 14.6 Å². The van der Waals surface area contributed by atoms with Gasteiger partial charge in [-0.3, -0.25) is 0 Å². The quantitative estimate of drug-likeness (QED) is 0.490. The first-order valence-electron chi connectivity index (χ1n) is 9.67. The van der Waals surface area contributed by atoms with Crippen LogP contribution in [0.15, 0.2) is 45.9 Å². The van der Waals surface area contributed by atoms with Gasteiger partial charge in [0.2, 0.25) is 15.9 Å². The minimum absolute atomic E-state index is 0.0242. The van der Waals surface area contributed by atoms with Crippen LogP contribution in [0.5, 0.6) is 0 Å². The maximum absolute atomic E-state index is 13.5. The number of aliphatic hydroxyl groups excluding tert-OH is 1. The molecule has 0 saturated heterocycles. The molecule has 2 N–H and O–H groups in total. The molecule has 0 radical (unpaired) electrons. The van der Waals surface area contributed by atoms with Gasteiger partial charge in [-0.05, 0) is 52.5 Å². The number of pyridine rings is 1. The van der Waals surface area contributed by atoms with E-state index in [1.54, 1.807) is 31.2 Å². The van der Waals surface area contributed by atoms with Crippen molar-refractivity contribution >= 4 is 43.4 Å². The van der Waals surface area contributed by atoms with Crippen LogP contribution < -0.4 is 5.32 Å². The molecule has 0 aliphatic heterocycles. The van der Waals surface area contributed by atoms with E-state index in [2.05, 4.69) is 26.2 Å². The Bertz CT molecular complexity index is 1020. The van der Waals surface area contributed by atoms with Crippen LogP contribution in [0.3, 0.4) is 0 Å². The second-order valence-electron chi connectivity index (χ2n) is 7.65. The molecule has 3 rings (SSSR count). The van der Waals surface area contributed by atoms with Gasteiger partial charge in [-0.25, -0.2) is 22.2 Å². The standard InChI is InChI=1S/C20H23BrClF2N3O3S/c1-13(15-9-20(23,24)10-15)26-19-18(8-16(21)11-25-19)31(29,30)27(6-7-28)12-14-2-4-17(22)5-3-14/h2-5,8,11,13,15,28H,6-7,9-10,12H2,1H3,(H,25,26)/t13-/m1/s1. The lowest BCUT2D eigenvalue weighted by molar-refractivity contribution is -0.113. The number of nitrogens with zero attached hydrogens (tertiary/aromatic N) is 2. The molecule has 0 spiro atoms. The predicted octanol–water partition coefficient (Wildman–Crippen LogP) is 4.53. The van der Waals surface area contributed by atoms with Crippen molar-refractivity contribution in [3.8, 4) is 0 Å². The molecule has 1 saturated carbocycles. The summed E-state index contributed by atoms with van der Waals surface area (Å²) in [5, 5.41) is 13.0. The number of anilines is 1. The number of aromatic nitrogens is 1. The summed E-state index contributed by atoms with van der Waals surface area (Å²) in [6.07, 6.45) is 0.957. The fraction of sp³-hybridized carbons (Fsp3) is 0.450.